The van der Waals surface area contributed by atoms with Crippen molar-refractivity contribution in [3.8, 4) is 0 Å². The maximum atomic E-state index is 12.1. The van der Waals surface area contributed by atoms with E-state index < -0.39 is 17.5 Å². The molecule has 0 radical (unpaired) electrons. The summed E-state index contributed by atoms with van der Waals surface area (Å²) in [5.74, 6) is -1.10. The molecule has 0 aromatic heterocycles. The molecule has 0 saturated carbocycles. The Morgan fingerprint density at radius 3 is 2.35 bits per heavy atom. The van der Waals surface area contributed by atoms with Gasteiger partial charge in [0.2, 0.25) is 0 Å². The van der Waals surface area contributed by atoms with Crippen LogP contribution in [0.5, 0.6) is 0 Å². The molecule has 0 amide bonds. The van der Waals surface area contributed by atoms with Crippen LogP contribution in [-0.2, 0) is 30.3 Å². The van der Waals surface area contributed by atoms with Crippen molar-refractivity contribution in [2.75, 3.05) is 7.11 Å². The van der Waals surface area contributed by atoms with E-state index in [4.69, 9.17) is 4.74 Å². The molecule has 1 rings (SSSR count). The van der Waals surface area contributed by atoms with Crippen LogP contribution in [0.1, 0.15) is 45.6 Å². The smallest absolute Gasteiger partial charge is 0.330 e. The SMILES string of the molecule is COC(=O)/C=C/C(CCC(=O)CC(=O)OC(C)(C)C)Cc1ccccc1. The summed E-state index contributed by atoms with van der Waals surface area (Å²) in [6, 6.07) is 9.84. The Balaban J connectivity index is 2.61. The predicted molar refractivity (Wildman–Crippen MR) is 99.5 cm³/mol. The Kier molecular flexibility index (Phi) is 8.76. The number of allylic oxidation sites excluding steroid dienone is 1. The minimum Gasteiger partial charge on any atom is -0.466 e. The lowest BCUT2D eigenvalue weighted by molar-refractivity contribution is -0.156. The van der Waals surface area contributed by atoms with E-state index in [-0.39, 0.29) is 24.5 Å². The molecule has 5 heteroatoms. The van der Waals surface area contributed by atoms with Crippen LogP contribution in [0, 0.1) is 5.92 Å². The van der Waals surface area contributed by atoms with Crippen LogP contribution in [0.15, 0.2) is 42.5 Å². The third-order valence-electron chi connectivity index (χ3n) is 3.60. The molecular weight excluding hydrogens is 332 g/mol. The lowest BCUT2D eigenvalue weighted by Gasteiger charge is -2.19. The molecule has 0 aliphatic heterocycles. The third-order valence-corrected chi connectivity index (χ3v) is 3.60. The largest absolute Gasteiger partial charge is 0.466 e. The number of benzene rings is 1. The number of hydrogen-bond acceptors (Lipinski definition) is 5. The highest BCUT2D eigenvalue weighted by Gasteiger charge is 2.19. The van der Waals surface area contributed by atoms with Gasteiger partial charge in [-0.1, -0.05) is 36.4 Å². The first kappa shape index (κ1) is 21.6. The van der Waals surface area contributed by atoms with Gasteiger partial charge >= 0.3 is 11.9 Å². The normalized spacial score (nSPS) is 12.6. The lowest BCUT2D eigenvalue weighted by Crippen LogP contribution is -2.25. The molecule has 1 unspecified atom stereocenters. The fraction of sp³-hybridized carbons (Fsp3) is 0.476. The molecule has 142 valence electrons. The Labute approximate surface area is 155 Å². The van der Waals surface area contributed by atoms with Crippen molar-refractivity contribution in [3.63, 3.8) is 0 Å². The second-order valence-corrected chi connectivity index (χ2v) is 7.17. The molecule has 0 aliphatic rings. The number of carbonyl (C=O) groups excluding carboxylic acids is 3. The molecule has 0 aliphatic carbocycles. The average molecular weight is 360 g/mol. The van der Waals surface area contributed by atoms with Gasteiger partial charge in [0.25, 0.3) is 0 Å². The van der Waals surface area contributed by atoms with Crippen molar-refractivity contribution < 1.29 is 23.9 Å². The van der Waals surface area contributed by atoms with Gasteiger partial charge in [-0.05, 0) is 45.1 Å². The quantitative estimate of drug-likeness (QED) is 0.382. The third kappa shape index (κ3) is 9.77. The Morgan fingerprint density at radius 1 is 1.12 bits per heavy atom. The number of Topliss-reactive ketones (excluding diaryl/α,β-unsaturated/α-hetero) is 1. The van der Waals surface area contributed by atoms with E-state index in [0.717, 1.165) is 5.56 Å². The van der Waals surface area contributed by atoms with Crippen LogP contribution in [0.2, 0.25) is 0 Å². The van der Waals surface area contributed by atoms with E-state index in [1.807, 2.05) is 30.3 Å². The highest BCUT2D eigenvalue weighted by molar-refractivity contribution is 5.95. The summed E-state index contributed by atoms with van der Waals surface area (Å²) in [5, 5.41) is 0. The van der Waals surface area contributed by atoms with Gasteiger partial charge in [0.15, 0.2) is 0 Å². The zero-order chi connectivity index (χ0) is 19.6. The summed E-state index contributed by atoms with van der Waals surface area (Å²) in [7, 11) is 1.32. The summed E-state index contributed by atoms with van der Waals surface area (Å²) < 4.78 is 9.79. The number of carbonyl (C=O) groups is 3. The summed E-state index contributed by atoms with van der Waals surface area (Å²) >= 11 is 0. The monoisotopic (exact) mass is 360 g/mol. The van der Waals surface area contributed by atoms with E-state index in [1.54, 1.807) is 26.8 Å². The van der Waals surface area contributed by atoms with Crippen molar-refractivity contribution in [3.05, 3.63) is 48.0 Å². The Hall–Kier alpha value is -2.43. The van der Waals surface area contributed by atoms with Crippen LogP contribution in [-0.4, -0.2) is 30.4 Å². The maximum absolute atomic E-state index is 12.1. The highest BCUT2D eigenvalue weighted by atomic mass is 16.6. The van der Waals surface area contributed by atoms with Crippen molar-refractivity contribution in [1.29, 1.82) is 0 Å². The topological polar surface area (TPSA) is 69.7 Å². The standard InChI is InChI=1S/C21H28O5/c1-21(2,3)26-20(24)15-18(22)12-10-17(11-13-19(23)25-4)14-16-8-6-5-7-9-16/h5-9,11,13,17H,10,12,14-15H2,1-4H3/b13-11+. The molecule has 0 saturated heterocycles. The molecule has 1 atom stereocenters. The molecule has 0 spiro atoms. The number of methoxy groups -OCH3 is 1. The summed E-state index contributed by atoms with van der Waals surface area (Å²) in [6.07, 6.45) is 4.42. The van der Waals surface area contributed by atoms with Crippen LogP contribution in [0.4, 0.5) is 0 Å². The van der Waals surface area contributed by atoms with Crippen molar-refractivity contribution in [1.82, 2.24) is 0 Å². The van der Waals surface area contributed by atoms with E-state index in [9.17, 15) is 14.4 Å². The van der Waals surface area contributed by atoms with Crippen molar-refractivity contribution >= 4 is 17.7 Å². The van der Waals surface area contributed by atoms with Gasteiger partial charge < -0.3 is 9.47 Å². The van der Waals surface area contributed by atoms with Crippen LogP contribution >= 0.6 is 0 Å². The summed E-state index contributed by atoms with van der Waals surface area (Å²) in [5.41, 5.74) is 0.516. The molecule has 26 heavy (non-hydrogen) atoms. The van der Waals surface area contributed by atoms with E-state index in [0.29, 0.717) is 12.8 Å². The molecule has 0 N–H and O–H groups in total. The summed E-state index contributed by atoms with van der Waals surface area (Å²) in [4.78, 5) is 35.2. The van der Waals surface area contributed by atoms with Crippen LogP contribution in [0.25, 0.3) is 0 Å². The van der Waals surface area contributed by atoms with Gasteiger partial charge in [-0.25, -0.2) is 4.79 Å². The number of hydrogen-bond donors (Lipinski definition) is 0. The maximum Gasteiger partial charge on any atom is 0.330 e. The summed E-state index contributed by atoms with van der Waals surface area (Å²) in [6.45, 7) is 5.30. The highest BCUT2D eigenvalue weighted by Crippen LogP contribution is 2.17. The fourth-order valence-corrected chi connectivity index (χ4v) is 2.44. The van der Waals surface area contributed by atoms with E-state index in [2.05, 4.69) is 4.74 Å². The van der Waals surface area contributed by atoms with Gasteiger partial charge in [-0.15, -0.1) is 0 Å². The molecule has 1 aromatic carbocycles. The van der Waals surface area contributed by atoms with Gasteiger partial charge in [0, 0.05) is 12.5 Å². The van der Waals surface area contributed by atoms with Gasteiger partial charge in [0.1, 0.15) is 17.8 Å². The van der Waals surface area contributed by atoms with Gasteiger partial charge in [0.05, 0.1) is 7.11 Å². The predicted octanol–water partition coefficient (Wildman–Crippen LogP) is 3.66. The fourth-order valence-electron chi connectivity index (χ4n) is 2.44. The number of rotatable bonds is 9. The molecule has 0 heterocycles. The number of esters is 2. The zero-order valence-corrected chi connectivity index (χ0v) is 16.0. The first-order valence-corrected chi connectivity index (χ1v) is 8.73. The van der Waals surface area contributed by atoms with Gasteiger partial charge in [-0.2, -0.15) is 0 Å². The first-order chi connectivity index (χ1) is 12.2. The number of ether oxygens (including phenoxy) is 2. The second kappa shape index (κ2) is 10.5. The minimum atomic E-state index is -0.601. The minimum absolute atomic E-state index is 0.000846. The van der Waals surface area contributed by atoms with Crippen molar-refractivity contribution in [2.24, 2.45) is 5.92 Å². The number of ketones is 1. The molecule has 0 fully saturated rings. The molecule has 5 nitrogen and oxygen atoms in total. The molecule has 1 aromatic rings. The molecule has 0 bridgehead atoms. The lowest BCUT2D eigenvalue weighted by atomic mass is 9.93. The zero-order valence-electron chi connectivity index (χ0n) is 16.0. The van der Waals surface area contributed by atoms with E-state index >= 15 is 0 Å². The van der Waals surface area contributed by atoms with Gasteiger partial charge in [-0.3, -0.25) is 9.59 Å². The Morgan fingerprint density at radius 2 is 1.77 bits per heavy atom. The van der Waals surface area contributed by atoms with Crippen LogP contribution < -0.4 is 0 Å². The van der Waals surface area contributed by atoms with Crippen molar-refractivity contribution in [2.45, 2.75) is 52.1 Å². The van der Waals surface area contributed by atoms with E-state index in [1.165, 1.54) is 13.2 Å². The second-order valence-electron chi connectivity index (χ2n) is 7.17. The molecular formula is C21H28O5. The first-order valence-electron chi connectivity index (χ1n) is 8.73. The average Bonchev–Trinajstić information content (AvgIpc) is 2.56. The Bertz CT molecular complexity index is 626. The van der Waals surface area contributed by atoms with Crippen LogP contribution in [0.3, 0.4) is 0 Å².